The first-order valence-electron chi connectivity index (χ1n) is 4.14. The Balaban J connectivity index is 0.00000169. The number of benzene rings is 1. The van der Waals surface area contributed by atoms with Gasteiger partial charge in [0.25, 0.3) is 0 Å². The van der Waals surface area contributed by atoms with E-state index >= 15 is 0 Å². The van der Waals surface area contributed by atoms with E-state index in [0.29, 0.717) is 6.42 Å². The quantitative estimate of drug-likeness (QED) is 0.801. The molecule has 3 nitrogen and oxygen atoms in total. The van der Waals surface area contributed by atoms with Crippen molar-refractivity contribution in [3.63, 3.8) is 0 Å². The van der Waals surface area contributed by atoms with Crippen LogP contribution >= 0.6 is 12.4 Å². The number of aryl methyl sites for hydroxylation is 1. The number of carboxylic acid groups (broad SMARTS) is 1. The van der Waals surface area contributed by atoms with Gasteiger partial charge in [0.2, 0.25) is 0 Å². The second-order valence-corrected chi connectivity index (χ2v) is 3.08. The van der Waals surface area contributed by atoms with Gasteiger partial charge >= 0.3 is 5.97 Å². The highest BCUT2D eigenvalue weighted by Gasteiger charge is 2.12. The average Bonchev–Trinajstić information content (AvgIpc) is 2.08. The van der Waals surface area contributed by atoms with Crippen LogP contribution in [0.5, 0.6) is 0 Å². The maximum absolute atomic E-state index is 10.5. The summed E-state index contributed by atoms with van der Waals surface area (Å²) in [6.07, 6.45) is 0.391. The molecule has 0 heterocycles. The summed E-state index contributed by atoms with van der Waals surface area (Å²) in [7, 11) is 0. The summed E-state index contributed by atoms with van der Waals surface area (Å²) in [6.45, 7) is 1.95. The lowest BCUT2D eigenvalue weighted by molar-refractivity contribution is -0.138. The minimum absolute atomic E-state index is 0. The highest BCUT2D eigenvalue weighted by molar-refractivity contribution is 5.85. The van der Waals surface area contributed by atoms with Gasteiger partial charge in [0.15, 0.2) is 0 Å². The van der Waals surface area contributed by atoms with Crippen LogP contribution < -0.4 is 5.73 Å². The number of carboxylic acids is 1. The van der Waals surface area contributed by atoms with E-state index in [0.717, 1.165) is 11.1 Å². The number of aliphatic carboxylic acids is 1. The fourth-order valence-electron chi connectivity index (χ4n) is 1.16. The van der Waals surface area contributed by atoms with E-state index < -0.39 is 12.0 Å². The lowest BCUT2D eigenvalue weighted by atomic mass is 10.0. The SMILES string of the molecule is Cc1ccccc1C[C@@H](N)C(=O)O.Cl. The molecule has 0 radical (unpaired) electrons. The molecule has 78 valence electrons. The highest BCUT2D eigenvalue weighted by Crippen LogP contribution is 2.08. The predicted octanol–water partition coefficient (Wildman–Crippen LogP) is 1.37. The van der Waals surface area contributed by atoms with Gasteiger partial charge < -0.3 is 10.8 Å². The molecule has 0 amide bonds. The first kappa shape index (κ1) is 12.9. The standard InChI is InChI=1S/C10H13NO2.ClH/c1-7-4-2-3-5-8(7)6-9(11)10(12)13;/h2-5,9H,6,11H2,1H3,(H,12,13);1H/t9-;/m1./s1. The summed E-state index contributed by atoms with van der Waals surface area (Å²) in [5, 5.41) is 8.61. The summed E-state index contributed by atoms with van der Waals surface area (Å²) in [5.74, 6) is -0.955. The van der Waals surface area contributed by atoms with Crippen LogP contribution in [0.1, 0.15) is 11.1 Å². The normalized spacial score (nSPS) is 11.6. The Morgan fingerprint density at radius 1 is 1.50 bits per heavy atom. The number of rotatable bonds is 3. The van der Waals surface area contributed by atoms with Crippen LogP contribution in [0.3, 0.4) is 0 Å². The molecule has 0 saturated carbocycles. The number of nitrogens with two attached hydrogens (primary N) is 1. The van der Waals surface area contributed by atoms with E-state index in [9.17, 15) is 4.79 Å². The van der Waals surface area contributed by atoms with E-state index in [1.54, 1.807) is 0 Å². The van der Waals surface area contributed by atoms with E-state index in [2.05, 4.69) is 0 Å². The molecular weight excluding hydrogens is 202 g/mol. The topological polar surface area (TPSA) is 63.3 Å². The molecule has 1 aromatic carbocycles. The third kappa shape index (κ3) is 3.36. The number of hydrogen-bond donors (Lipinski definition) is 2. The van der Waals surface area contributed by atoms with Crippen LogP contribution in [0.25, 0.3) is 0 Å². The first-order chi connectivity index (χ1) is 6.11. The zero-order valence-electron chi connectivity index (χ0n) is 7.93. The van der Waals surface area contributed by atoms with Crippen molar-refractivity contribution in [2.75, 3.05) is 0 Å². The molecule has 3 N–H and O–H groups in total. The van der Waals surface area contributed by atoms with Crippen molar-refractivity contribution in [3.05, 3.63) is 35.4 Å². The molecule has 0 bridgehead atoms. The summed E-state index contributed by atoms with van der Waals surface area (Å²) < 4.78 is 0. The summed E-state index contributed by atoms with van der Waals surface area (Å²) >= 11 is 0. The van der Waals surface area contributed by atoms with Crippen LogP contribution in [0.15, 0.2) is 24.3 Å². The van der Waals surface area contributed by atoms with Crippen molar-refractivity contribution in [2.45, 2.75) is 19.4 Å². The zero-order chi connectivity index (χ0) is 9.84. The van der Waals surface area contributed by atoms with Gasteiger partial charge in [0, 0.05) is 0 Å². The van der Waals surface area contributed by atoms with Gasteiger partial charge in [0.05, 0.1) is 0 Å². The van der Waals surface area contributed by atoms with Crippen LogP contribution in [0.2, 0.25) is 0 Å². The third-order valence-electron chi connectivity index (χ3n) is 2.02. The Hall–Kier alpha value is -1.06. The van der Waals surface area contributed by atoms with Crippen LogP contribution in [0, 0.1) is 6.92 Å². The summed E-state index contributed by atoms with van der Waals surface area (Å²) in [6, 6.07) is 6.85. The van der Waals surface area contributed by atoms with Crippen molar-refractivity contribution in [2.24, 2.45) is 5.73 Å². The summed E-state index contributed by atoms with van der Waals surface area (Å²) in [5.41, 5.74) is 7.50. The number of hydrogen-bond acceptors (Lipinski definition) is 2. The molecule has 0 aliphatic carbocycles. The van der Waals surface area contributed by atoms with Gasteiger partial charge in [-0.1, -0.05) is 24.3 Å². The van der Waals surface area contributed by atoms with Gasteiger partial charge in [-0.15, -0.1) is 12.4 Å². The van der Waals surface area contributed by atoms with Gasteiger partial charge in [-0.3, -0.25) is 4.79 Å². The maximum atomic E-state index is 10.5. The molecule has 0 unspecified atom stereocenters. The van der Waals surface area contributed by atoms with Crippen molar-refractivity contribution < 1.29 is 9.90 Å². The fraction of sp³-hybridized carbons (Fsp3) is 0.300. The first-order valence-corrected chi connectivity index (χ1v) is 4.14. The molecule has 4 heteroatoms. The molecule has 0 fully saturated rings. The highest BCUT2D eigenvalue weighted by atomic mass is 35.5. The molecule has 0 aliphatic rings. The molecule has 1 aromatic rings. The molecule has 14 heavy (non-hydrogen) atoms. The van der Waals surface area contributed by atoms with E-state index in [-0.39, 0.29) is 12.4 Å². The van der Waals surface area contributed by atoms with Crippen LogP contribution in [-0.2, 0) is 11.2 Å². The van der Waals surface area contributed by atoms with Gasteiger partial charge in [-0.05, 0) is 24.5 Å². The third-order valence-corrected chi connectivity index (χ3v) is 2.02. The van der Waals surface area contributed by atoms with Crippen molar-refractivity contribution in [3.8, 4) is 0 Å². The van der Waals surface area contributed by atoms with E-state index in [1.165, 1.54) is 0 Å². The monoisotopic (exact) mass is 215 g/mol. The minimum Gasteiger partial charge on any atom is -0.480 e. The molecule has 0 spiro atoms. The van der Waals surface area contributed by atoms with Crippen molar-refractivity contribution >= 4 is 18.4 Å². The lowest BCUT2D eigenvalue weighted by Gasteiger charge is -2.08. The lowest BCUT2D eigenvalue weighted by Crippen LogP contribution is -2.32. The van der Waals surface area contributed by atoms with Gasteiger partial charge in [-0.25, -0.2) is 0 Å². The molecule has 0 saturated heterocycles. The van der Waals surface area contributed by atoms with Gasteiger partial charge in [-0.2, -0.15) is 0 Å². The Kier molecular flexibility index (Phi) is 5.20. The number of halogens is 1. The van der Waals surface area contributed by atoms with Gasteiger partial charge in [0.1, 0.15) is 6.04 Å². The minimum atomic E-state index is -0.955. The Labute approximate surface area is 89.3 Å². The Morgan fingerprint density at radius 3 is 2.57 bits per heavy atom. The average molecular weight is 216 g/mol. The molecule has 1 rings (SSSR count). The Bertz CT molecular complexity index is 315. The molecule has 0 aliphatic heterocycles. The maximum Gasteiger partial charge on any atom is 0.320 e. The second kappa shape index (κ2) is 5.62. The number of carbonyl (C=O) groups is 1. The van der Waals surface area contributed by atoms with E-state index in [1.807, 2.05) is 31.2 Å². The largest absolute Gasteiger partial charge is 0.480 e. The second-order valence-electron chi connectivity index (χ2n) is 3.08. The Morgan fingerprint density at radius 2 is 2.07 bits per heavy atom. The van der Waals surface area contributed by atoms with Crippen LogP contribution in [-0.4, -0.2) is 17.1 Å². The van der Waals surface area contributed by atoms with Crippen LogP contribution in [0.4, 0.5) is 0 Å². The molecule has 0 aromatic heterocycles. The molecular formula is C10H14ClNO2. The van der Waals surface area contributed by atoms with E-state index in [4.69, 9.17) is 10.8 Å². The fourth-order valence-corrected chi connectivity index (χ4v) is 1.16. The molecule has 1 atom stereocenters. The smallest absolute Gasteiger partial charge is 0.320 e. The zero-order valence-corrected chi connectivity index (χ0v) is 8.75. The van der Waals surface area contributed by atoms with Crippen molar-refractivity contribution in [1.82, 2.24) is 0 Å². The summed E-state index contributed by atoms with van der Waals surface area (Å²) in [4.78, 5) is 10.5. The van der Waals surface area contributed by atoms with Crippen molar-refractivity contribution in [1.29, 1.82) is 0 Å². The predicted molar refractivity (Wildman–Crippen MR) is 57.7 cm³/mol.